The van der Waals surface area contributed by atoms with Crippen molar-refractivity contribution in [3.8, 4) is 33.9 Å². The number of pyridine rings is 3. The van der Waals surface area contributed by atoms with Crippen LogP contribution in [0, 0.1) is 0 Å². The molecule has 39 heavy (non-hydrogen) atoms. The number of anilines is 1. The van der Waals surface area contributed by atoms with E-state index < -0.39 is 0 Å². The van der Waals surface area contributed by atoms with E-state index in [2.05, 4.69) is 60.6 Å². The molecular weight excluding hydrogens is 504 g/mol. The summed E-state index contributed by atoms with van der Waals surface area (Å²) in [6, 6.07) is 18.3. The number of hydrogen-bond donors (Lipinski definition) is 3. The average Bonchev–Trinajstić information content (AvgIpc) is 3.73. The van der Waals surface area contributed by atoms with Gasteiger partial charge in [0.25, 0.3) is 0 Å². The molecular formula is C30H22N8S. The van der Waals surface area contributed by atoms with Gasteiger partial charge in [0.2, 0.25) is 0 Å². The van der Waals surface area contributed by atoms with Gasteiger partial charge in [0.05, 0.1) is 34.8 Å². The lowest BCUT2D eigenvalue weighted by Gasteiger charge is -2.11. The van der Waals surface area contributed by atoms with Gasteiger partial charge in [-0.2, -0.15) is 16.4 Å². The topological polar surface area (TPSA) is 108 Å². The maximum absolute atomic E-state index is 4.95. The Hall–Kier alpha value is -5.15. The van der Waals surface area contributed by atoms with E-state index in [1.54, 1.807) is 29.9 Å². The third-order valence-electron chi connectivity index (χ3n) is 6.47. The van der Waals surface area contributed by atoms with E-state index in [0.717, 1.165) is 62.3 Å². The Balaban J connectivity index is 1.21. The molecule has 1 aromatic carbocycles. The average molecular weight is 527 g/mol. The minimum absolute atomic E-state index is 0.635. The summed E-state index contributed by atoms with van der Waals surface area (Å²) in [5, 5.41) is 15.2. The fraction of sp³-hybridized carbons (Fsp3) is 0.0333. The lowest BCUT2D eigenvalue weighted by Crippen LogP contribution is -2.02. The summed E-state index contributed by atoms with van der Waals surface area (Å²) in [4.78, 5) is 22.1. The van der Waals surface area contributed by atoms with Crippen LogP contribution in [0.4, 0.5) is 5.69 Å². The summed E-state index contributed by atoms with van der Waals surface area (Å²) in [6.45, 7) is 4.19. The summed E-state index contributed by atoms with van der Waals surface area (Å²) in [5.41, 5.74) is 10.6. The number of allylic oxidation sites excluding steroid dienone is 1. The SMILES string of the molecule is C=C(Cc1ccccc1)Nc1cncc(-c2ccc3[nH]nc(-c4nc5c(-c6ccsc6)cncc5[nH]4)c3n2)c1. The van der Waals surface area contributed by atoms with E-state index >= 15 is 0 Å². The minimum atomic E-state index is 0.635. The van der Waals surface area contributed by atoms with Crippen LogP contribution >= 0.6 is 11.3 Å². The predicted molar refractivity (Wildman–Crippen MR) is 156 cm³/mol. The maximum atomic E-state index is 4.95. The van der Waals surface area contributed by atoms with Crippen LogP contribution in [0.25, 0.3) is 56.0 Å². The van der Waals surface area contributed by atoms with Crippen LogP contribution in [-0.2, 0) is 6.42 Å². The van der Waals surface area contributed by atoms with Crippen molar-refractivity contribution in [3.05, 3.63) is 108 Å². The molecule has 0 aliphatic rings. The van der Waals surface area contributed by atoms with E-state index in [1.807, 2.05) is 48.0 Å². The van der Waals surface area contributed by atoms with E-state index in [-0.39, 0.29) is 0 Å². The van der Waals surface area contributed by atoms with E-state index in [1.165, 1.54) is 5.56 Å². The minimum Gasteiger partial charge on any atom is -0.358 e. The molecule has 188 valence electrons. The Labute approximate surface area is 227 Å². The Morgan fingerprint density at radius 2 is 1.77 bits per heavy atom. The van der Waals surface area contributed by atoms with Gasteiger partial charge in [-0.15, -0.1) is 0 Å². The first-order valence-corrected chi connectivity index (χ1v) is 13.3. The van der Waals surface area contributed by atoms with Gasteiger partial charge in [-0.05, 0) is 46.2 Å². The predicted octanol–water partition coefficient (Wildman–Crippen LogP) is 6.86. The molecule has 0 aliphatic heterocycles. The molecule has 0 unspecified atom stereocenters. The summed E-state index contributed by atoms with van der Waals surface area (Å²) in [5.74, 6) is 0.635. The molecule has 0 radical (unpaired) electrons. The first kappa shape index (κ1) is 23.0. The smallest absolute Gasteiger partial charge is 0.161 e. The molecule has 6 heterocycles. The van der Waals surface area contributed by atoms with Crippen LogP contribution in [0.1, 0.15) is 5.56 Å². The monoisotopic (exact) mass is 526 g/mol. The van der Waals surface area contributed by atoms with Gasteiger partial charge in [0.15, 0.2) is 11.5 Å². The molecule has 0 fully saturated rings. The molecule has 7 rings (SSSR count). The van der Waals surface area contributed by atoms with Gasteiger partial charge in [0.1, 0.15) is 11.0 Å². The first-order chi connectivity index (χ1) is 19.2. The van der Waals surface area contributed by atoms with Crippen LogP contribution in [0.5, 0.6) is 0 Å². The van der Waals surface area contributed by atoms with Gasteiger partial charge >= 0.3 is 0 Å². The third kappa shape index (κ3) is 4.45. The van der Waals surface area contributed by atoms with Gasteiger partial charge in [-0.3, -0.25) is 15.1 Å². The van der Waals surface area contributed by atoms with Gasteiger partial charge in [0, 0.05) is 35.6 Å². The van der Waals surface area contributed by atoms with Crippen molar-refractivity contribution in [1.29, 1.82) is 0 Å². The Morgan fingerprint density at radius 1 is 0.872 bits per heavy atom. The van der Waals surface area contributed by atoms with Crippen LogP contribution in [0.2, 0.25) is 0 Å². The Morgan fingerprint density at radius 3 is 2.64 bits per heavy atom. The zero-order chi connectivity index (χ0) is 26.2. The van der Waals surface area contributed by atoms with Crippen molar-refractivity contribution in [3.63, 3.8) is 0 Å². The summed E-state index contributed by atoms with van der Waals surface area (Å²) < 4.78 is 0. The van der Waals surface area contributed by atoms with Crippen molar-refractivity contribution in [2.75, 3.05) is 5.32 Å². The highest BCUT2D eigenvalue weighted by atomic mass is 32.1. The number of imidazole rings is 1. The summed E-state index contributed by atoms with van der Waals surface area (Å²) in [7, 11) is 0. The van der Waals surface area contributed by atoms with Crippen LogP contribution < -0.4 is 5.32 Å². The molecule has 0 bridgehead atoms. The molecule has 0 atom stereocenters. The third-order valence-corrected chi connectivity index (χ3v) is 7.16. The molecule has 6 aromatic heterocycles. The zero-order valence-electron chi connectivity index (χ0n) is 20.7. The molecule has 0 saturated heterocycles. The second-order valence-corrected chi connectivity index (χ2v) is 9.98. The number of hydrogen-bond acceptors (Lipinski definition) is 7. The van der Waals surface area contributed by atoms with Gasteiger partial charge in [-0.1, -0.05) is 36.9 Å². The van der Waals surface area contributed by atoms with Crippen molar-refractivity contribution in [1.82, 2.24) is 35.1 Å². The van der Waals surface area contributed by atoms with Crippen LogP contribution in [0.3, 0.4) is 0 Å². The number of benzene rings is 1. The maximum Gasteiger partial charge on any atom is 0.161 e. The van der Waals surface area contributed by atoms with Crippen LogP contribution in [-0.4, -0.2) is 35.1 Å². The highest BCUT2D eigenvalue weighted by molar-refractivity contribution is 7.08. The summed E-state index contributed by atoms with van der Waals surface area (Å²) >= 11 is 1.65. The Bertz CT molecular complexity index is 1940. The Kier molecular flexibility index (Phi) is 5.68. The highest BCUT2D eigenvalue weighted by Crippen LogP contribution is 2.32. The number of H-pyrrole nitrogens is 2. The standard InChI is InChI=1S/C30H22N8S/c1-18(11-19-5-3-2-4-6-19)33-22-12-21(13-31-14-22)24-7-8-25-28(34-24)29(38-37-25)30-35-26-16-32-15-23(27(26)36-30)20-9-10-39-17-20/h2-10,12-17,33H,1,11H2,(H,35,36)(H,37,38). The molecule has 0 spiro atoms. The fourth-order valence-corrected chi connectivity index (χ4v) is 5.29. The number of rotatable bonds is 7. The quantitative estimate of drug-likeness (QED) is 0.209. The lowest BCUT2D eigenvalue weighted by atomic mass is 10.1. The van der Waals surface area contributed by atoms with Crippen LogP contribution in [0.15, 0.2) is 102 Å². The number of aromatic nitrogens is 7. The van der Waals surface area contributed by atoms with E-state index in [4.69, 9.17) is 9.97 Å². The first-order valence-electron chi connectivity index (χ1n) is 12.4. The number of fused-ring (bicyclic) bond motifs is 2. The van der Waals surface area contributed by atoms with Gasteiger partial charge in [-0.25, -0.2) is 9.97 Å². The second kappa shape index (κ2) is 9.62. The number of nitrogens with zero attached hydrogens (tertiary/aromatic N) is 5. The van der Waals surface area contributed by atoms with Crippen molar-refractivity contribution >= 4 is 39.1 Å². The molecule has 0 amide bonds. The molecule has 0 saturated carbocycles. The largest absolute Gasteiger partial charge is 0.358 e. The van der Waals surface area contributed by atoms with Crippen molar-refractivity contribution in [2.24, 2.45) is 0 Å². The number of aromatic amines is 2. The number of nitrogens with one attached hydrogen (secondary N) is 3. The van der Waals surface area contributed by atoms with Gasteiger partial charge < -0.3 is 10.3 Å². The zero-order valence-corrected chi connectivity index (χ0v) is 21.5. The molecule has 3 N–H and O–H groups in total. The molecule has 9 heteroatoms. The van der Waals surface area contributed by atoms with E-state index in [9.17, 15) is 0 Å². The molecule has 7 aromatic rings. The van der Waals surface area contributed by atoms with Crippen molar-refractivity contribution < 1.29 is 0 Å². The second-order valence-electron chi connectivity index (χ2n) is 9.20. The lowest BCUT2D eigenvalue weighted by molar-refractivity contribution is 1.10. The normalized spacial score (nSPS) is 11.3. The van der Waals surface area contributed by atoms with Crippen molar-refractivity contribution in [2.45, 2.75) is 6.42 Å². The molecule has 8 nitrogen and oxygen atoms in total. The fourth-order valence-electron chi connectivity index (χ4n) is 4.64. The summed E-state index contributed by atoms with van der Waals surface area (Å²) in [6.07, 6.45) is 7.95. The van der Waals surface area contributed by atoms with E-state index in [0.29, 0.717) is 11.5 Å². The highest BCUT2D eigenvalue weighted by Gasteiger charge is 2.17. The molecule has 0 aliphatic carbocycles. The number of thiophene rings is 1.